The van der Waals surface area contributed by atoms with Crippen LogP contribution in [0.5, 0.6) is 0 Å². The molecule has 3 rings (SSSR count). The molecule has 0 amide bonds. The highest BCUT2D eigenvalue weighted by Gasteiger charge is 2.48. The Morgan fingerprint density at radius 2 is 1.00 bits per heavy atom. The molecule has 0 aromatic rings. The molecule has 23 heavy (non-hydrogen) atoms. The third-order valence-corrected chi connectivity index (χ3v) is 11.9. The molecule has 2 fully saturated rings. The van der Waals surface area contributed by atoms with Crippen LogP contribution in [0.3, 0.4) is 0 Å². The van der Waals surface area contributed by atoms with E-state index in [4.69, 9.17) is 0 Å². The Kier molecular flexibility index (Phi) is 5.42. The van der Waals surface area contributed by atoms with E-state index in [2.05, 4.69) is 34.6 Å². The van der Waals surface area contributed by atoms with Crippen molar-refractivity contribution in [3.8, 4) is 0 Å². The van der Waals surface area contributed by atoms with Crippen molar-refractivity contribution in [2.45, 2.75) is 115 Å². The Labute approximate surface area is 146 Å². The van der Waals surface area contributed by atoms with E-state index in [1.165, 1.54) is 64.2 Å². The summed E-state index contributed by atoms with van der Waals surface area (Å²) < 4.78 is 0. The molecule has 2 saturated carbocycles. The summed E-state index contributed by atoms with van der Waals surface area (Å²) >= 11 is 0. The third-order valence-electron chi connectivity index (χ3n) is 7.60. The maximum absolute atomic E-state index is 2.65. The van der Waals surface area contributed by atoms with Gasteiger partial charge < -0.3 is 0 Å². The highest BCUT2D eigenvalue weighted by molar-refractivity contribution is 7.61. The second-order valence-corrected chi connectivity index (χ2v) is 11.7. The van der Waals surface area contributed by atoms with Gasteiger partial charge >= 0.3 is 0 Å². The molecule has 1 heteroatoms. The van der Waals surface area contributed by atoms with Gasteiger partial charge in [0, 0.05) is 5.16 Å². The summed E-state index contributed by atoms with van der Waals surface area (Å²) in [4.78, 5) is 0. The topological polar surface area (TPSA) is 0 Å². The minimum Gasteiger partial charge on any atom is -0.0857 e. The molecule has 0 bridgehead atoms. The van der Waals surface area contributed by atoms with E-state index < -0.39 is 0 Å². The highest BCUT2D eigenvalue weighted by atomic mass is 31.1. The van der Waals surface area contributed by atoms with Crippen LogP contribution < -0.4 is 0 Å². The van der Waals surface area contributed by atoms with Gasteiger partial charge in [-0.05, 0) is 82.8 Å². The van der Waals surface area contributed by atoms with Crippen LogP contribution >= 0.6 is 7.92 Å². The highest BCUT2D eigenvalue weighted by Crippen LogP contribution is 2.70. The van der Waals surface area contributed by atoms with E-state index in [0.29, 0.717) is 5.16 Å². The van der Waals surface area contributed by atoms with Crippen LogP contribution in [0.1, 0.15) is 98.8 Å². The van der Waals surface area contributed by atoms with E-state index in [1.807, 2.05) is 0 Å². The monoisotopic (exact) mass is 332 g/mol. The van der Waals surface area contributed by atoms with Crippen LogP contribution in [0.25, 0.3) is 0 Å². The van der Waals surface area contributed by atoms with Crippen LogP contribution in [-0.2, 0) is 0 Å². The molecule has 0 aromatic heterocycles. The molecule has 0 spiro atoms. The molecule has 0 unspecified atom stereocenters. The number of rotatable bonds is 3. The molecule has 130 valence electrons. The largest absolute Gasteiger partial charge is 0.0857 e. The summed E-state index contributed by atoms with van der Waals surface area (Å²) in [5.41, 5.74) is 8.77. The first kappa shape index (κ1) is 17.7. The lowest BCUT2D eigenvalue weighted by atomic mass is 9.97. The quantitative estimate of drug-likeness (QED) is 0.467. The molecule has 0 N–H and O–H groups in total. The molecule has 0 atom stereocenters. The van der Waals surface area contributed by atoms with Crippen molar-refractivity contribution in [1.29, 1.82) is 0 Å². The predicted molar refractivity (Wildman–Crippen MR) is 106 cm³/mol. The second kappa shape index (κ2) is 7.03. The fraction of sp³-hybridized carbons (Fsp3) is 0.818. The molecule has 3 aliphatic rings. The zero-order valence-corrected chi connectivity index (χ0v) is 17.1. The Balaban J connectivity index is 2.00. The average molecular weight is 333 g/mol. The van der Waals surface area contributed by atoms with Crippen LogP contribution in [0.2, 0.25) is 0 Å². The lowest BCUT2D eigenvalue weighted by Gasteiger charge is -2.49. The molecule has 0 saturated heterocycles. The molecule has 0 aromatic carbocycles. The smallest absolute Gasteiger partial charge is 0.0303 e. The van der Waals surface area contributed by atoms with E-state index in [1.54, 1.807) is 22.3 Å². The van der Waals surface area contributed by atoms with Crippen molar-refractivity contribution >= 4 is 7.92 Å². The molecule has 3 aliphatic carbocycles. The summed E-state index contributed by atoms with van der Waals surface area (Å²) in [5.74, 6) is 0. The van der Waals surface area contributed by atoms with Gasteiger partial charge in [-0.15, -0.1) is 0 Å². The summed E-state index contributed by atoms with van der Waals surface area (Å²) in [6.45, 7) is 12.3. The predicted octanol–water partition coefficient (Wildman–Crippen LogP) is 7.58. The second-order valence-electron chi connectivity index (χ2n) is 8.56. The van der Waals surface area contributed by atoms with Gasteiger partial charge in [0.2, 0.25) is 0 Å². The van der Waals surface area contributed by atoms with Crippen molar-refractivity contribution in [2.75, 3.05) is 0 Å². The first-order chi connectivity index (χ1) is 11.0. The average Bonchev–Trinajstić information content (AvgIpc) is 2.73. The number of allylic oxidation sites excluding steroid dienone is 4. The molecule has 0 heterocycles. The molecular formula is C22H37P. The van der Waals surface area contributed by atoms with E-state index in [0.717, 1.165) is 11.3 Å². The van der Waals surface area contributed by atoms with Crippen LogP contribution in [0.15, 0.2) is 22.3 Å². The molecule has 0 aliphatic heterocycles. The standard InChI is InChI=1S/C22H37P/c1-16-17(2)19(4)22(5,18(16)3)23(20-12-8-6-9-13-20)21-14-10-7-11-15-21/h20-21H,6-15H2,1-5H3. The van der Waals surface area contributed by atoms with Gasteiger partial charge in [-0.3, -0.25) is 0 Å². The fourth-order valence-corrected chi connectivity index (χ4v) is 10.7. The lowest BCUT2D eigenvalue weighted by molar-refractivity contribution is 0.478. The van der Waals surface area contributed by atoms with Gasteiger partial charge in [0.25, 0.3) is 0 Å². The van der Waals surface area contributed by atoms with Crippen LogP contribution in [0.4, 0.5) is 0 Å². The van der Waals surface area contributed by atoms with E-state index in [9.17, 15) is 0 Å². The van der Waals surface area contributed by atoms with Gasteiger partial charge in [-0.25, -0.2) is 0 Å². The van der Waals surface area contributed by atoms with Gasteiger partial charge in [-0.1, -0.05) is 57.6 Å². The van der Waals surface area contributed by atoms with Crippen LogP contribution in [0, 0.1) is 0 Å². The van der Waals surface area contributed by atoms with Gasteiger partial charge in [0.05, 0.1) is 0 Å². The molecule has 0 nitrogen and oxygen atoms in total. The summed E-state index contributed by atoms with van der Waals surface area (Å²) in [6, 6.07) is 0. The maximum Gasteiger partial charge on any atom is 0.0303 e. The minimum atomic E-state index is 0.0722. The summed E-state index contributed by atoms with van der Waals surface area (Å²) in [7, 11) is 0.0722. The minimum absolute atomic E-state index is 0.0722. The van der Waals surface area contributed by atoms with E-state index >= 15 is 0 Å². The SMILES string of the molecule is CC1=C(C)C(C)(P(C2CCCCC2)C2CCCCC2)C(C)=C1C. The lowest BCUT2D eigenvalue weighted by Crippen LogP contribution is -2.35. The van der Waals surface area contributed by atoms with Crippen molar-refractivity contribution in [2.24, 2.45) is 0 Å². The fourth-order valence-electron chi connectivity index (χ4n) is 5.71. The van der Waals surface area contributed by atoms with Crippen molar-refractivity contribution in [1.82, 2.24) is 0 Å². The Morgan fingerprint density at radius 1 is 0.652 bits per heavy atom. The van der Waals surface area contributed by atoms with Crippen molar-refractivity contribution < 1.29 is 0 Å². The molecular weight excluding hydrogens is 295 g/mol. The van der Waals surface area contributed by atoms with Crippen LogP contribution in [-0.4, -0.2) is 16.5 Å². The zero-order chi connectivity index (χ0) is 16.6. The third kappa shape index (κ3) is 2.99. The number of hydrogen-bond acceptors (Lipinski definition) is 0. The molecule has 0 radical (unpaired) electrons. The summed E-state index contributed by atoms with van der Waals surface area (Å²) in [6.07, 6.45) is 15.1. The Hall–Kier alpha value is -0.0900. The van der Waals surface area contributed by atoms with Gasteiger partial charge in [-0.2, -0.15) is 0 Å². The Bertz CT molecular complexity index is 456. The zero-order valence-electron chi connectivity index (χ0n) is 16.2. The maximum atomic E-state index is 2.65. The van der Waals surface area contributed by atoms with Gasteiger partial charge in [0.1, 0.15) is 0 Å². The van der Waals surface area contributed by atoms with E-state index in [-0.39, 0.29) is 7.92 Å². The normalized spacial score (nSPS) is 27.4. The first-order valence-corrected chi connectivity index (χ1v) is 11.6. The van der Waals surface area contributed by atoms with Crippen molar-refractivity contribution in [3.63, 3.8) is 0 Å². The van der Waals surface area contributed by atoms with Crippen molar-refractivity contribution in [3.05, 3.63) is 22.3 Å². The first-order valence-electron chi connectivity index (χ1n) is 10.1. The Morgan fingerprint density at radius 3 is 1.35 bits per heavy atom. The number of hydrogen-bond donors (Lipinski definition) is 0. The van der Waals surface area contributed by atoms with Gasteiger partial charge in [0.15, 0.2) is 0 Å². The summed E-state index contributed by atoms with van der Waals surface area (Å²) in [5, 5.41) is 0.410.